The Bertz CT molecular complexity index is 426. The number of amides is 1. The summed E-state index contributed by atoms with van der Waals surface area (Å²) < 4.78 is 5.80. The standard InChI is InChI=1S/C18H33N3O3.2ClH/c1-13-11-20(12-14(2)24-13)6-3-15-4-7-21(8-5-15)18(23)17-9-16(22)10-19-17;;/h13-17,19,22H,3-12H2,1-2H3;2*1H. The third-order valence-electron chi connectivity index (χ3n) is 5.68. The summed E-state index contributed by atoms with van der Waals surface area (Å²) in [6, 6.07) is -0.173. The van der Waals surface area contributed by atoms with Crippen LogP contribution in [-0.2, 0) is 9.53 Å². The Kier molecular flexibility index (Phi) is 10.1. The number of carbonyl (C=O) groups is 1. The average molecular weight is 412 g/mol. The number of halogens is 2. The molecule has 2 N–H and O–H groups in total. The average Bonchev–Trinajstić information content (AvgIpc) is 2.98. The quantitative estimate of drug-likeness (QED) is 0.729. The second-order valence-corrected chi connectivity index (χ2v) is 7.92. The number of rotatable bonds is 4. The second kappa shape index (κ2) is 11.0. The van der Waals surface area contributed by atoms with E-state index in [-0.39, 0.29) is 42.9 Å². The maximum absolute atomic E-state index is 12.5. The van der Waals surface area contributed by atoms with Crippen molar-refractivity contribution >= 4 is 30.7 Å². The monoisotopic (exact) mass is 411 g/mol. The Balaban J connectivity index is 0.00000169. The summed E-state index contributed by atoms with van der Waals surface area (Å²) in [5.41, 5.74) is 0. The first kappa shape index (κ1) is 23.9. The van der Waals surface area contributed by atoms with Crippen LogP contribution in [0.5, 0.6) is 0 Å². The van der Waals surface area contributed by atoms with Gasteiger partial charge in [-0.15, -0.1) is 24.8 Å². The number of aliphatic hydroxyl groups excluding tert-OH is 1. The summed E-state index contributed by atoms with van der Waals surface area (Å²) >= 11 is 0. The van der Waals surface area contributed by atoms with Gasteiger partial charge >= 0.3 is 0 Å². The number of ether oxygens (including phenoxy) is 1. The highest BCUT2D eigenvalue weighted by Gasteiger charge is 2.33. The second-order valence-electron chi connectivity index (χ2n) is 7.92. The van der Waals surface area contributed by atoms with Crippen LogP contribution in [0.1, 0.15) is 39.5 Å². The largest absolute Gasteiger partial charge is 0.392 e. The molecule has 8 heteroatoms. The van der Waals surface area contributed by atoms with Gasteiger partial charge in [-0.1, -0.05) is 0 Å². The third-order valence-corrected chi connectivity index (χ3v) is 5.68. The van der Waals surface area contributed by atoms with Crippen LogP contribution in [0.3, 0.4) is 0 Å². The van der Waals surface area contributed by atoms with E-state index in [0.717, 1.165) is 51.5 Å². The molecule has 154 valence electrons. The highest BCUT2D eigenvalue weighted by molar-refractivity contribution is 5.85. The number of carbonyl (C=O) groups excluding carboxylic acids is 1. The SMILES string of the molecule is CC1CN(CCC2CCN(C(=O)C3CC(O)CN3)CC2)CC(C)O1.Cl.Cl. The van der Waals surface area contributed by atoms with Crippen molar-refractivity contribution in [3.63, 3.8) is 0 Å². The van der Waals surface area contributed by atoms with Crippen molar-refractivity contribution < 1.29 is 14.6 Å². The minimum Gasteiger partial charge on any atom is -0.392 e. The summed E-state index contributed by atoms with van der Waals surface area (Å²) in [5, 5.41) is 12.7. The van der Waals surface area contributed by atoms with Gasteiger partial charge in [0.25, 0.3) is 0 Å². The number of hydrogen-bond acceptors (Lipinski definition) is 5. The zero-order valence-corrected chi connectivity index (χ0v) is 17.6. The maximum atomic E-state index is 12.5. The lowest BCUT2D eigenvalue weighted by molar-refractivity contribution is -0.134. The first-order valence-electron chi connectivity index (χ1n) is 9.59. The molecule has 3 aliphatic rings. The van der Waals surface area contributed by atoms with Gasteiger partial charge in [-0.25, -0.2) is 0 Å². The first-order chi connectivity index (χ1) is 11.5. The zero-order chi connectivity index (χ0) is 17.1. The lowest BCUT2D eigenvalue weighted by atomic mass is 9.92. The van der Waals surface area contributed by atoms with E-state index in [1.54, 1.807) is 0 Å². The van der Waals surface area contributed by atoms with Crippen LogP contribution in [0, 0.1) is 5.92 Å². The van der Waals surface area contributed by atoms with Gasteiger partial charge in [0.1, 0.15) is 0 Å². The van der Waals surface area contributed by atoms with Gasteiger partial charge in [0.2, 0.25) is 5.91 Å². The highest BCUT2D eigenvalue weighted by atomic mass is 35.5. The predicted octanol–water partition coefficient (Wildman–Crippen LogP) is 1.29. The molecule has 1 amide bonds. The van der Waals surface area contributed by atoms with Crippen LogP contribution in [0.2, 0.25) is 0 Å². The molecule has 0 saturated carbocycles. The van der Waals surface area contributed by atoms with Crippen molar-refractivity contribution in [3.05, 3.63) is 0 Å². The molecule has 3 heterocycles. The Hall–Kier alpha value is -0.110. The van der Waals surface area contributed by atoms with Crippen molar-refractivity contribution in [3.8, 4) is 0 Å². The molecule has 0 radical (unpaired) electrons. The fraction of sp³-hybridized carbons (Fsp3) is 0.944. The minimum absolute atomic E-state index is 0. The summed E-state index contributed by atoms with van der Waals surface area (Å²) in [5.74, 6) is 0.908. The molecular weight excluding hydrogens is 377 g/mol. The van der Waals surface area contributed by atoms with E-state index in [4.69, 9.17) is 4.74 Å². The zero-order valence-electron chi connectivity index (χ0n) is 15.9. The van der Waals surface area contributed by atoms with Crippen LogP contribution >= 0.6 is 24.8 Å². The fourth-order valence-electron chi connectivity index (χ4n) is 4.40. The number of aliphatic hydroxyl groups is 1. The lowest BCUT2D eigenvalue weighted by Gasteiger charge is -2.37. The number of nitrogens with zero attached hydrogens (tertiary/aromatic N) is 2. The Morgan fingerprint density at radius 1 is 1.15 bits per heavy atom. The van der Waals surface area contributed by atoms with Crippen LogP contribution in [0.15, 0.2) is 0 Å². The number of β-amino-alcohol motifs (C(OH)–C–C–N with tert-alkyl or cyclic N) is 1. The van der Waals surface area contributed by atoms with E-state index in [1.165, 1.54) is 6.42 Å². The van der Waals surface area contributed by atoms with E-state index >= 15 is 0 Å². The predicted molar refractivity (Wildman–Crippen MR) is 107 cm³/mol. The number of piperidine rings is 1. The molecule has 0 spiro atoms. The Morgan fingerprint density at radius 3 is 2.31 bits per heavy atom. The van der Waals surface area contributed by atoms with Crippen LogP contribution in [-0.4, -0.2) is 84.4 Å². The molecule has 3 fully saturated rings. The minimum atomic E-state index is -0.366. The van der Waals surface area contributed by atoms with Gasteiger partial charge in [0.05, 0.1) is 24.4 Å². The molecule has 3 aliphatic heterocycles. The van der Waals surface area contributed by atoms with Crippen molar-refractivity contribution in [2.45, 2.75) is 63.9 Å². The van der Waals surface area contributed by atoms with Crippen molar-refractivity contribution in [1.82, 2.24) is 15.1 Å². The van der Waals surface area contributed by atoms with Gasteiger partial charge in [0.15, 0.2) is 0 Å². The van der Waals surface area contributed by atoms with Crippen molar-refractivity contribution in [2.24, 2.45) is 5.92 Å². The van der Waals surface area contributed by atoms with E-state index in [9.17, 15) is 9.90 Å². The highest BCUT2D eigenvalue weighted by Crippen LogP contribution is 2.23. The lowest BCUT2D eigenvalue weighted by Crippen LogP contribution is -2.48. The van der Waals surface area contributed by atoms with Gasteiger partial charge in [-0.05, 0) is 52.0 Å². The fourth-order valence-corrected chi connectivity index (χ4v) is 4.40. The smallest absolute Gasteiger partial charge is 0.239 e. The van der Waals surface area contributed by atoms with E-state index in [2.05, 4.69) is 24.1 Å². The first-order valence-corrected chi connectivity index (χ1v) is 9.59. The van der Waals surface area contributed by atoms with Gasteiger partial charge in [-0.3, -0.25) is 9.69 Å². The molecule has 3 rings (SSSR count). The van der Waals surface area contributed by atoms with Gasteiger partial charge < -0.3 is 20.1 Å². The number of hydrogen-bond donors (Lipinski definition) is 2. The van der Waals surface area contributed by atoms with Crippen LogP contribution in [0.25, 0.3) is 0 Å². The molecule has 0 aromatic rings. The molecule has 0 aromatic carbocycles. The molecule has 4 unspecified atom stereocenters. The topological polar surface area (TPSA) is 65.0 Å². The van der Waals surface area contributed by atoms with E-state index < -0.39 is 0 Å². The molecule has 0 bridgehead atoms. The number of likely N-dealkylation sites (tertiary alicyclic amines) is 1. The number of nitrogens with one attached hydrogen (secondary N) is 1. The summed E-state index contributed by atoms with van der Waals surface area (Å²) in [4.78, 5) is 17.0. The Labute approximate surface area is 169 Å². The maximum Gasteiger partial charge on any atom is 0.239 e. The Morgan fingerprint density at radius 2 is 1.77 bits per heavy atom. The normalized spacial score (nSPS) is 33.4. The number of morpholine rings is 1. The van der Waals surface area contributed by atoms with Crippen LogP contribution < -0.4 is 5.32 Å². The third kappa shape index (κ3) is 6.50. The molecule has 26 heavy (non-hydrogen) atoms. The summed E-state index contributed by atoms with van der Waals surface area (Å²) in [7, 11) is 0. The molecule has 3 saturated heterocycles. The molecule has 4 atom stereocenters. The van der Waals surface area contributed by atoms with E-state index in [1.807, 2.05) is 4.90 Å². The molecule has 0 aliphatic carbocycles. The molecular formula is C18H35Cl2N3O3. The van der Waals surface area contributed by atoms with Gasteiger partial charge in [-0.2, -0.15) is 0 Å². The van der Waals surface area contributed by atoms with Crippen LogP contribution in [0.4, 0.5) is 0 Å². The summed E-state index contributed by atoms with van der Waals surface area (Å²) in [6.45, 7) is 9.81. The van der Waals surface area contributed by atoms with Gasteiger partial charge in [0, 0.05) is 32.7 Å². The van der Waals surface area contributed by atoms with Crippen molar-refractivity contribution in [1.29, 1.82) is 0 Å². The van der Waals surface area contributed by atoms with Crippen molar-refractivity contribution in [2.75, 3.05) is 39.3 Å². The molecule has 6 nitrogen and oxygen atoms in total. The summed E-state index contributed by atoms with van der Waals surface area (Å²) in [6.07, 6.45) is 4.31. The molecule has 0 aromatic heterocycles. The van der Waals surface area contributed by atoms with E-state index in [0.29, 0.717) is 25.2 Å².